The molecule has 3 N–H and O–H groups in total. The highest BCUT2D eigenvalue weighted by atomic mass is 16.5. The Bertz CT molecular complexity index is 1030. The Labute approximate surface area is 158 Å². The first-order valence-corrected chi connectivity index (χ1v) is 9.03. The average Bonchev–Trinajstić information content (AvgIpc) is 3.10. The van der Waals surface area contributed by atoms with Gasteiger partial charge in [0.25, 0.3) is 0 Å². The maximum Gasteiger partial charge on any atom is 0.244 e. The minimum Gasteiger partial charge on any atom is -0.420 e. The summed E-state index contributed by atoms with van der Waals surface area (Å²) in [4.78, 5) is 0. The number of nitrogens with zero attached hydrogens (tertiary/aromatic N) is 2. The van der Waals surface area contributed by atoms with Crippen LogP contribution in [0.5, 0.6) is 5.88 Å². The minimum absolute atomic E-state index is 0.122. The number of nitriles is 1. The van der Waals surface area contributed by atoms with Crippen LogP contribution in [0.25, 0.3) is 11.1 Å². The molecule has 0 radical (unpaired) electrons. The molecular weight excluding hydrogens is 336 g/mol. The summed E-state index contributed by atoms with van der Waals surface area (Å²) in [5.41, 5.74) is 11.6. The average molecular weight is 356 g/mol. The van der Waals surface area contributed by atoms with Crippen LogP contribution >= 0.6 is 0 Å². The fourth-order valence-electron chi connectivity index (χ4n) is 3.58. The summed E-state index contributed by atoms with van der Waals surface area (Å²) >= 11 is 0. The summed E-state index contributed by atoms with van der Waals surface area (Å²) in [6, 6.07) is 20.7. The zero-order chi connectivity index (χ0) is 18.8. The van der Waals surface area contributed by atoms with Crippen molar-refractivity contribution < 1.29 is 4.74 Å². The zero-order valence-electron chi connectivity index (χ0n) is 15.1. The third-order valence-electron chi connectivity index (χ3n) is 4.87. The van der Waals surface area contributed by atoms with E-state index in [4.69, 9.17) is 10.5 Å². The molecule has 0 bridgehead atoms. The SMILES string of the molecule is CCCc1[nH]nc2c1[C@@H](c1ccc(-c3ccccc3)cc1)C(C#N)=C(N)O2. The Morgan fingerprint density at radius 3 is 2.48 bits per heavy atom. The smallest absolute Gasteiger partial charge is 0.244 e. The van der Waals surface area contributed by atoms with E-state index in [9.17, 15) is 5.26 Å². The molecule has 4 rings (SSSR count). The Hall–Kier alpha value is -3.52. The molecule has 134 valence electrons. The molecular formula is C22H20N4O. The molecule has 2 heterocycles. The van der Waals surface area contributed by atoms with Gasteiger partial charge < -0.3 is 10.5 Å². The van der Waals surface area contributed by atoms with Gasteiger partial charge in [0.05, 0.1) is 5.92 Å². The molecule has 5 heteroatoms. The second-order valence-electron chi connectivity index (χ2n) is 6.58. The number of hydrogen-bond donors (Lipinski definition) is 2. The number of nitrogens with one attached hydrogen (secondary N) is 1. The van der Waals surface area contributed by atoms with Crippen molar-refractivity contribution >= 4 is 0 Å². The van der Waals surface area contributed by atoms with Crippen LogP contribution in [0.15, 0.2) is 66.1 Å². The predicted molar refractivity (Wildman–Crippen MR) is 104 cm³/mol. The van der Waals surface area contributed by atoms with Crippen LogP contribution in [-0.4, -0.2) is 10.2 Å². The monoisotopic (exact) mass is 356 g/mol. The van der Waals surface area contributed by atoms with E-state index in [1.54, 1.807) is 0 Å². The van der Waals surface area contributed by atoms with Crippen molar-refractivity contribution in [2.45, 2.75) is 25.7 Å². The van der Waals surface area contributed by atoms with Gasteiger partial charge in [-0.1, -0.05) is 67.9 Å². The van der Waals surface area contributed by atoms with Gasteiger partial charge in [0.15, 0.2) is 0 Å². The minimum atomic E-state index is -0.274. The predicted octanol–water partition coefficient (Wildman–Crippen LogP) is 4.25. The van der Waals surface area contributed by atoms with Gasteiger partial charge in [-0.05, 0) is 23.1 Å². The lowest BCUT2D eigenvalue weighted by Crippen LogP contribution is -2.21. The Balaban J connectivity index is 1.80. The summed E-state index contributed by atoms with van der Waals surface area (Å²) in [5.74, 6) is 0.313. The van der Waals surface area contributed by atoms with Crippen molar-refractivity contribution in [2.24, 2.45) is 5.73 Å². The van der Waals surface area contributed by atoms with E-state index < -0.39 is 0 Å². The van der Waals surface area contributed by atoms with E-state index in [-0.39, 0.29) is 11.8 Å². The molecule has 1 aromatic heterocycles. The first-order chi connectivity index (χ1) is 13.2. The number of nitrogens with two attached hydrogens (primary N) is 1. The number of H-pyrrole nitrogens is 1. The molecule has 0 unspecified atom stereocenters. The number of rotatable bonds is 4. The van der Waals surface area contributed by atoms with Crippen LogP contribution in [0.1, 0.15) is 36.1 Å². The molecule has 27 heavy (non-hydrogen) atoms. The van der Waals surface area contributed by atoms with Gasteiger partial charge in [-0.3, -0.25) is 5.10 Å². The summed E-state index contributed by atoms with van der Waals surface area (Å²) in [7, 11) is 0. The van der Waals surface area contributed by atoms with Gasteiger partial charge in [0.2, 0.25) is 11.8 Å². The first-order valence-electron chi connectivity index (χ1n) is 9.03. The molecule has 1 atom stereocenters. The van der Waals surface area contributed by atoms with Crippen molar-refractivity contribution in [2.75, 3.05) is 0 Å². The number of ether oxygens (including phenoxy) is 1. The van der Waals surface area contributed by atoms with Crippen molar-refractivity contribution in [3.8, 4) is 23.1 Å². The highest BCUT2D eigenvalue weighted by Crippen LogP contribution is 2.43. The maximum absolute atomic E-state index is 9.71. The van der Waals surface area contributed by atoms with Crippen molar-refractivity contribution in [3.05, 3.63) is 82.9 Å². The number of aromatic nitrogens is 2. The maximum atomic E-state index is 9.71. The third kappa shape index (κ3) is 2.96. The van der Waals surface area contributed by atoms with E-state index in [1.807, 2.05) is 18.2 Å². The molecule has 0 fully saturated rings. The number of aromatic amines is 1. The summed E-state index contributed by atoms with van der Waals surface area (Å²) in [5, 5.41) is 17.0. The normalized spacial score (nSPS) is 15.8. The van der Waals surface area contributed by atoms with Gasteiger partial charge in [0.1, 0.15) is 11.6 Å². The first kappa shape index (κ1) is 16.9. The quantitative estimate of drug-likeness (QED) is 0.731. The second-order valence-corrected chi connectivity index (χ2v) is 6.58. The van der Waals surface area contributed by atoms with Crippen LogP contribution in [0.3, 0.4) is 0 Å². The van der Waals surface area contributed by atoms with Crippen molar-refractivity contribution in [1.29, 1.82) is 5.26 Å². The Kier molecular flexibility index (Phi) is 4.39. The number of aryl methyl sites for hydroxylation is 1. The number of benzene rings is 2. The molecule has 0 saturated heterocycles. The lowest BCUT2D eigenvalue weighted by Gasteiger charge is -2.24. The largest absolute Gasteiger partial charge is 0.420 e. The highest BCUT2D eigenvalue weighted by molar-refractivity contribution is 5.65. The van der Waals surface area contributed by atoms with E-state index in [0.29, 0.717) is 11.5 Å². The third-order valence-corrected chi connectivity index (χ3v) is 4.87. The van der Waals surface area contributed by atoms with E-state index >= 15 is 0 Å². The van der Waals surface area contributed by atoms with Crippen LogP contribution < -0.4 is 10.5 Å². The molecule has 5 nitrogen and oxygen atoms in total. The van der Waals surface area contributed by atoms with E-state index in [0.717, 1.165) is 40.8 Å². The van der Waals surface area contributed by atoms with Gasteiger partial charge >= 0.3 is 0 Å². The molecule has 3 aromatic rings. The fraction of sp³-hybridized carbons (Fsp3) is 0.182. The van der Waals surface area contributed by atoms with E-state index in [2.05, 4.69) is 59.6 Å². The lowest BCUT2D eigenvalue weighted by molar-refractivity contribution is 0.378. The van der Waals surface area contributed by atoms with Crippen LogP contribution in [0, 0.1) is 11.3 Å². The lowest BCUT2D eigenvalue weighted by atomic mass is 9.83. The molecule has 0 spiro atoms. The molecule has 2 aromatic carbocycles. The summed E-state index contributed by atoms with van der Waals surface area (Å²) in [6.07, 6.45) is 1.80. The van der Waals surface area contributed by atoms with Crippen LogP contribution in [-0.2, 0) is 6.42 Å². The van der Waals surface area contributed by atoms with Gasteiger partial charge in [-0.2, -0.15) is 5.26 Å². The van der Waals surface area contributed by atoms with Gasteiger partial charge in [-0.25, -0.2) is 0 Å². The van der Waals surface area contributed by atoms with Crippen LogP contribution in [0.4, 0.5) is 0 Å². The molecule has 1 aliphatic heterocycles. The van der Waals surface area contributed by atoms with Gasteiger partial charge in [0, 0.05) is 11.3 Å². The Morgan fingerprint density at radius 2 is 1.81 bits per heavy atom. The standard InChI is InChI=1S/C22H20N4O/c1-2-6-18-20-19(17(13-23)21(24)27-22(20)26-25-18)16-11-9-15(10-12-16)14-7-4-3-5-8-14/h3-5,7-12,19H,2,6,24H2,1H3,(H,25,26)/t19-/m0/s1. The Morgan fingerprint density at radius 1 is 1.11 bits per heavy atom. The number of hydrogen-bond acceptors (Lipinski definition) is 4. The van der Waals surface area contributed by atoms with E-state index in [1.165, 1.54) is 0 Å². The number of fused-ring (bicyclic) bond motifs is 1. The highest BCUT2D eigenvalue weighted by Gasteiger charge is 2.34. The molecule has 1 aliphatic rings. The van der Waals surface area contributed by atoms with Crippen molar-refractivity contribution in [1.82, 2.24) is 10.2 Å². The molecule has 0 saturated carbocycles. The van der Waals surface area contributed by atoms with Crippen LogP contribution in [0.2, 0.25) is 0 Å². The molecule has 0 amide bonds. The van der Waals surface area contributed by atoms with Crippen molar-refractivity contribution in [3.63, 3.8) is 0 Å². The second kappa shape index (κ2) is 7.00. The summed E-state index contributed by atoms with van der Waals surface area (Å²) < 4.78 is 5.60. The fourth-order valence-corrected chi connectivity index (χ4v) is 3.58. The summed E-state index contributed by atoms with van der Waals surface area (Å²) in [6.45, 7) is 2.11. The molecule has 0 aliphatic carbocycles. The number of allylic oxidation sites excluding steroid dienone is 1. The zero-order valence-corrected chi connectivity index (χ0v) is 15.1. The van der Waals surface area contributed by atoms with Gasteiger partial charge in [-0.15, -0.1) is 5.10 Å². The topological polar surface area (TPSA) is 87.7 Å².